The molecule has 7 heteroatoms. The molecule has 1 fully saturated rings. The van der Waals surface area contributed by atoms with Gasteiger partial charge < -0.3 is 19.9 Å². The van der Waals surface area contributed by atoms with Crippen LogP contribution in [0.2, 0.25) is 0 Å². The normalized spacial score (nSPS) is 18.3. The van der Waals surface area contributed by atoms with Gasteiger partial charge in [-0.05, 0) is 30.5 Å². The maximum atomic E-state index is 13.0. The summed E-state index contributed by atoms with van der Waals surface area (Å²) in [5, 5.41) is 11.6. The number of benzene rings is 1. The lowest BCUT2D eigenvalue weighted by atomic mass is 10.0. The number of rotatable bonds is 9. The Balaban J connectivity index is 1.78. The van der Waals surface area contributed by atoms with Crippen LogP contribution < -0.4 is 5.32 Å². The van der Waals surface area contributed by atoms with Crippen LogP contribution in [0.25, 0.3) is 0 Å². The van der Waals surface area contributed by atoms with E-state index >= 15 is 0 Å². The van der Waals surface area contributed by atoms with Crippen molar-refractivity contribution in [3.05, 3.63) is 35.6 Å². The highest BCUT2D eigenvalue weighted by Crippen LogP contribution is 2.18. The minimum Gasteiger partial charge on any atom is -0.481 e. The van der Waals surface area contributed by atoms with E-state index in [0.717, 1.165) is 19.4 Å². The second kappa shape index (κ2) is 9.34. The molecule has 6 nitrogen and oxygen atoms in total. The third kappa shape index (κ3) is 6.25. The highest BCUT2D eigenvalue weighted by atomic mass is 19.1. The Morgan fingerprint density at radius 3 is 2.75 bits per heavy atom. The number of carboxylic acid groups (broad SMARTS) is 1. The Hall–Kier alpha value is -1.99. The molecule has 1 amide bonds. The number of hydrogen-bond donors (Lipinski definition) is 2. The van der Waals surface area contributed by atoms with Gasteiger partial charge in [-0.3, -0.25) is 9.59 Å². The second-order valence-electron chi connectivity index (χ2n) is 5.73. The fraction of sp³-hybridized carbons (Fsp3) is 0.529. The molecule has 2 rings (SSSR count). The molecule has 1 aliphatic heterocycles. The number of hydrogen-bond acceptors (Lipinski definition) is 4. The van der Waals surface area contributed by atoms with E-state index in [1.165, 1.54) is 24.3 Å². The van der Waals surface area contributed by atoms with Gasteiger partial charge in [-0.2, -0.15) is 0 Å². The SMILES string of the molecule is O=C(O)CC(NC(=O)CCOCC1CCCO1)c1ccc(F)cc1. The molecule has 0 radical (unpaired) electrons. The Labute approximate surface area is 139 Å². The predicted octanol–water partition coefficient (Wildman–Crippen LogP) is 2.04. The van der Waals surface area contributed by atoms with E-state index < -0.39 is 17.8 Å². The van der Waals surface area contributed by atoms with Gasteiger partial charge >= 0.3 is 5.97 Å². The van der Waals surface area contributed by atoms with Gasteiger partial charge in [0.1, 0.15) is 5.82 Å². The van der Waals surface area contributed by atoms with Gasteiger partial charge in [0, 0.05) is 13.0 Å². The summed E-state index contributed by atoms with van der Waals surface area (Å²) in [5.41, 5.74) is 0.549. The van der Waals surface area contributed by atoms with Crippen LogP contribution in [0.5, 0.6) is 0 Å². The zero-order valence-electron chi connectivity index (χ0n) is 13.4. The van der Waals surface area contributed by atoms with Gasteiger partial charge in [0.15, 0.2) is 0 Å². The second-order valence-corrected chi connectivity index (χ2v) is 5.73. The lowest BCUT2D eigenvalue weighted by Crippen LogP contribution is -2.31. The highest BCUT2D eigenvalue weighted by molar-refractivity contribution is 5.77. The number of carbonyl (C=O) groups is 2. The third-order valence-electron chi connectivity index (χ3n) is 3.79. The molecule has 24 heavy (non-hydrogen) atoms. The molecule has 2 unspecified atom stereocenters. The van der Waals surface area contributed by atoms with Crippen molar-refractivity contribution in [3.63, 3.8) is 0 Å². The molecule has 2 atom stereocenters. The molecule has 0 aliphatic carbocycles. The molecule has 0 spiro atoms. The van der Waals surface area contributed by atoms with Gasteiger partial charge in [-0.25, -0.2) is 4.39 Å². The molecule has 0 aromatic heterocycles. The highest BCUT2D eigenvalue weighted by Gasteiger charge is 2.19. The summed E-state index contributed by atoms with van der Waals surface area (Å²) in [6.07, 6.45) is 1.96. The minimum absolute atomic E-state index is 0.104. The molecule has 1 heterocycles. The van der Waals surface area contributed by atoms with Crippen molar-refractivity contribution in [2.45, 2.75) is 37.8 Å². The molecule has 1 aromatic rings. The Morgan fingerprint density at radius 1 is 1.38 bits per heavy atom. The molecular formula is C17H22FNO5. The zero-order chi connectivity index (χ0) is 17.4. The first kappa shape index (κ1) is 18.4. The lowest BCUT2D eigenvalue weighted by Gasteiger charge is -2.18. The summed E-state index contributed by atoms with van der Waals surface area (Å²) in [7, 11) is 0. The molecular weight excluding hydrogens is 317 g/mol. The first-order valence-corrected chi connectivity index (χ1v) is 8.00. The van der Waals surface area contributed by atoms with Gasteiger partial charge in [-0.1, -0.05) is 12.1 Å². The average Bonchev–Trinajstić information content (AvgIpc) is 3.04. The fourth-order valence-electron chi connectivity index (χ4n) is 2.54. The van der Waals surface area contributed by atoms with Crippen LogP contribution in [0.1, 0.15) is 37.3 Å². The van der Waals surface area contributed by atoms with Crippen LogP contribution in [-0.4, -0.2) is 42.9 Å². The Morgan fingerprint density at radius 2 is 2.12 bits per heavy atom. The first-order chi connectivity index (χ1) is 11.5. The van der Waals surface area contributed by atoms with Gasteiger partial charge in [0.2, 0.25) is 5.91 Å². The van der Waals surface area contributed by atoms with E-state index in [1.54, 1.807) is 0 Å². The van der Waals surface area contributed by atoms with E-state index in [9.17, 15) is 14.0 Å². The molecule has 0 bridgehead atoms. The number of carbonyl (C=O) groups excluding carboxylic acids is 1. The third-order valence-corrected chi connectivity index (χ3v) is 3.79. The lowest BCUT2D eigenvalue weighted by molar-refractivity contribution is -0.137. The number of halogens is 1. The largest absolute Gasteiger partial charge is 0.481 e. The maximum absolute atomic E-state index is 13.0. The summed E-state index contributed by atoms with van der Waals surface area (Å²) >= 11 is 0. The van der Waals surface area contributed by atoms with Gasteiger partial charge in [0.25, 0.3) is 0 Å². The number of ether oxygens (including phenoxy) is 2. The summed E-state index contributed by atoms with van der Waals surface area (Å²) in [6, 6.07) is 4.71. The van der Waals surface area contributed by atoms with Crippen molar-refractivity contribution in [1.82, 2.24) is 5.32 Å². The summed E-state index contributed by atoms with van der Waals surface area (Å²) < 4.78 is 23.8. The number of amides is 1. The quantitative estimate of drug-likeness (QED) is 0.673. The Bertz CT molecular complexity index is 542. The predicted molar refractivity (Wildman–Crippen MR) is 83.9 cm³/mol. The number of aliphatic carboxylic acids is 1. The van der Waals surface area contributed by atoms with Crippen molar-refractivity contribution in [2.75, 3.05) is 19.8 Å². The Kier molecular flexibility index (Phi) is 7.14. The molecule has 2 N–H and O–H groups in total. The van der Waals surface area contributed by atoms with Crippen LogP contribution in [0.15, 0.2) is 24.3 Å². The molecule has 1 aliphatic rings. The van der Waals surface area contributed by atoms with Gasteiger partial charge in [-0.15, -0.1) is 0 Å². The van der Waals surface area contributed by atoms with Crippen molar-refractivity contribution in [3.8, 4) is 0 Å². The van der Waals surface area contributed by atoms with E-state index in [1.807, 2.05) is 0 Å². The smallest absolute Gasteiger partial charge is 0.305 e. The van der Waals surface area contributed by atoms with Crippen LogP contribution in [-0.2, 0) is 19.1 Å². The van der Waals surface area contributed by atoms with Crippen molar-refractivity contribution in [2.24, 2.45) is 0 Å². The van der Waals surface area contributed by atoms with Crippen molar-refractivity contribution >= 4 is 11.9 Å². The standard InChI is InChI=1S/C17H22FNO5/c18-13-5-3-12(4-6-13)15(10-17(21)22)19-16(20)7-9-23-11-14-2-1-8-24-14/h3-6,14-15H,1-2,7-11H2,(H,19,20)(H,21,22). The number of nitrogens with one attached hydrogen (secondary N) is 1. The summed E-state index contributed by atoms with van der Waals surface area (Å²) in [6.45, 7) is 1.46. The van der Waals surface area contributed by atoms with Crippen molar-refractivity contribution in [1.29, 1.82) is 0 Å². The summed E-state index contributed by atoms with van der Waals surface area (Å²) in [4.78, 5) is 23.0. The zero-order valence-corrected chi connectivity index (χ0v) is 13.4. The van der Waals surface area contributed by atoms with E-state index in [0.29, 0.717) is 12.2 Å². The van der Waals surface area contributed by atoms with E-state index in [-0.39, 0.29) is 31.5 Å². The van der Waals surface area contributed by atoms with Crippen LogP contribution in [0.4, 0.5) is 4.39 Å². The molecule has 132 valence electrons. The van der Waals surface area contributed by atoms with Gasteiger partial charge in [0.05, 0.1) is 31.8 Å². The van der Waals surface area contributed by atoms with Crippen LogP contribution in [0.3, 0.4) is 0 Å². The molecule has 1 aromatic carbocycles. The first-order valence-electron chi connectivity index (χ1n) is 8.00. The number of carboxylic acids is 1. The fourth-order valence-corrected chi connectivity index (χ4v) is 2.54. The monoisotopic (exact) mass is 339 g/mol. The average molecular weight is 339 g/mol. The van der Waals surface area contributed by atoms with Crippen molar-refractivity contribution < 1.29 is 28.6 Å². The topological polar surface area (TPSA) is 84.9 Å². The molecule has 0 saturated carbocycles. The van der Waals surface area contributed by atoms with E-state index in [2.05, 4.69) is 5.32 Å². The van der Waals surface area contributed by atoms with Crippen LogP contribution in [0, 0.1) is 5.82 Å². The minimum atomic E-state index is -1.04. The van der Waals surface area contributed by atoms with Crippen LogP contribution >= 0.6 is 0 Å². The summed E-state index contributed by atoms with van der Waals surface area (Å²) in [5.74, 6) is -1.76. The molecule has 1 saturated heterocycles. The van der Waals surface area contributed by atoms with E-state index in [4.69, 9.17) is 14.6 Å². The maximum Gasteiger partial charge on any atom is 0.305 e.